The number of aromatic hydroxyl groups is 1. The Bertz CT molecular complexity index is 326. The van der Waals surface area contributed by atoms with E-state index in [9.17, 15) is 9.90 Å². The topological polar surface area (TPSA) is 78.8 Å². The van der Waals surface area contributed by atoms with Crippen LogP contribution in [0.1, 0.15) is 13.8 Å². The van der Waals surface area contributed by atoms with Crippen LogP contribution in [0.15, 0.2) is 24.3 Å². The molecule has 0 spiro atoms. The number of amides is 1. The third-order valence-corrected chi connectivity index (χ3v) is 1.44. The van der Waals surface area contributed by atoms with Crippen molar-refractivity contribution in [2.75, 3.05) is 7.05 Å². The highest BCUT2D eigenvalue weighted by Crippen LogP contribution is 2.25. The van der Waals surface area contributed by atoms with Crippen molar-refractivity contribution in [1.29, 1.82) is 0 Å². The number of carboxylic acid groups (broad SMARTS) is 1. The Balaban J connectivity index is 0.000000385. The third-order valence-electron chi connectivity index (χ3n) is 1.44. The molecule has 0 saturated carbocycles. The first kappa shape index (κ1) is 14.1. The Morgan fingerprint density at radius 3 is 2.25 bits per heavy atom. The number of para-hydroxylation sites is 2. The van der Waals surface area contributed by atoms with Gasteiger partial charge in [0.2, 0.25) is 0 Å². The van der Waals surface area contributed by atoms with Crippen LogP contribution >= 0.6 is 0 Å². The molecular formula is C11H17NO4. The summed E-state index contributed by atoms with van der Waals surface area (Å²) in [5.41, 5.74) is 0. The molecule has 5 nitrogen and oxygen atoms in total. The molecule has 1 rings (SSSR count). The smallest absolute Gasteiger partial charge is 0.404 e. The van der Waals surface area contributed by atoms with Crippen LogP contribution in [0.3, 0.4) is 0 Å². The van der Waals surface area contributed by atoms with Crippen LogP contribution in [0.5, 0.6) is 11.5 Å². The maximum Gasteiger partial charge on any atom is 0.404 e. The molecule has 0 unspecified atom stereocenters. The highest BCUT2D eigenvalue weighted by Gasteiger charge is 2.01. The van der Waals surface area contributed by atoms with Crippen molar-refractivity contribution in [3.8, 4) is 11.5 Å². The Labute approximate surface area is 94.7 Å². The summed E-state index contributed by atoms with van der Waals surface area (Å²) in [6.07, 6.45) is -0.895. The number of carbonyl (C=O) groups is 1. The normalized spacial score (nSPS) is 9.00. The third kappa shape index (κ3) is 6.53. The average Bonchev–Trinajstić information content (AvgIpc) is 2.22. The second kappa shape index (κ2) is 7.39. The first-order valence-corrected chi connectivity index (χ1v) is 4.82. The standard InChI is InChI=1S/C9H12O2.C2H5NO2/c1-7(2)11-9-6-4-3-5-8(9)10;1-3-2(4)5/h3-7,10H,1-2H3;3H,1H3,(H,4,5). The lowest BCUT2D eigenvalue weighted by atomic mass is 10.3. The van der Waals surface area contributed by atoms with E-state index < -0.39 is 6.09 Å². The van der Waals surface area contributed by atoms with Crippen molar-refractivity contribution in [1.82, 2.24) is 5.32 Å². The quantitative estimate of drug-likeness (QED) is 0.722. The monoisotopic (exact) mass is 227 g/mol. The summed E-state index contributed by atoms with van der Waals surface area (Å²) in [4.78, 5) is 9.26. The summed E-state index contributed by atoms with van der Waals surface area (Å²) in [5, 5.41) is 18.8. The number of hydrogen-bond acceptors (Lipinski definition) is 3. The van der Waals surface area contributed by atoms with Crippen molar-refractivity contribution in [3.63, 3.8) is 0 Å². The molecular weight excluding hydrogens is 210 g/mol. The lowest BCUT2D eigenvalue weighted by Gasteiger charge is -2.09. The van der Waals surface area contributed by atoms with Gasteiger partial charge >= 0.3 is 6.09 Å². The van der Waals surface area contributed by atoms with E-state index in [1.165, 1.54) is 7.05 Å². The molecule has 0 heterocycles. The van der Waals surface area contributed by atoms with Gasteiger partial charge in [-0.3, -0.25) is 0 Å². The number of phenolic OH excluding ortho intramolecular Hbond substituents is 1. The number of ether oxygens (including phenoxy) is 1. The van der Waals surface area contributed by atoms with Gasteiger partial charge in [-0.25, -0.2) is 4.79 Å². The highest BCUT2D eigenvalue weighted by molar-refractivity contribution is 5.63. The minimum Gasteiger partial charge on any atom is -0.504 e. The van der Waals surface area contributed by atoms with Gasteiger partial charge in [0.1, 0.15) is 0 Å². The number of phenols is 1. The zero-order valence-corrected chi connectivity index (χ0v) is 9.60. The molecule has 3 N–H and O–H groups in total. The minimum atomic E-state index is -0.995. The molecule has 0 atom stereocenters. The maximum atomic E-state index is 9.26. The molecule has 0 bridgehead atoms. The fraction of sp³-hybridized carbons (Fsp3) is 0.364. The fourth-order valence-corrected chi connectivity index (χ4v) is 0.811. The lowest BCUT2D eigenvalue weighted by Crippen LogP contribution is -2.13. The summed E-state index contributed by atoms with van der Waals surface area (Å²) in [6, 6.07) is 6.95. The summed E-state index contributed by atoms with van der Waals surface area (Å²) in [6.45, 7) is 3.85. The molecule has 0 fully saturated rings. The van der Waals surface area contributed by atoms with Crippen molar-refractivity contribution in [3.05, 3.63) is 24.3 Å². The zero-order valence-electron chi connectivity index (χ0n) is 9.60. The van der Waals surface area contributed by atoms with Crippen LogP contribution in [-0.2, 0) is 0 Å². The zero-order chi connectivity index (χ0) is 12.6. The van der Waals surface area contributed by atoms with E-state index in [4.69, 9.17) is 9.84 Å². The van der Waals surface area contributed by atoms with Crippen LogP contribution in [0, 0.1) is 0 Å². The maximum absolute atomic E-state index is 9.26. The molecule has 0 saturated heterocycles. The van der Waals surface area contributed by atoms with Gasteiger partial charge in [-0.05, 0) is 26.0 Å². The summed E-state index contributed by atoms with van der Waals surface area (Å²) in [5.74, 6) is 0.740. The van der Waals surface area contributed by atoms with Crippen LogP contribution in [0.4, 0.5) is 4.79 Å². The van der Waals surface area contributed by atoms with Gasteiger partial charge in [0, 0.05) is 7.05 Å². The van der Waals surface area contributed by atoms with Crippen molar-refractivity contribution in [2.24, 2.45) is 0 Å². The number of benzene rings is 1. The molecule has 0 aliphatic carbocycles. The Kier molecular flexibility index (Phi) is 6.51. The van der Waals surface area contributed by atoms with Crippen LogP contribution in [0.2, 0.25) is 0 Å². The Morgan fingerprint density at radius 2 is 1.88 bits per heavy atom. The number of nitrogens with one attached hydrogen (secondary N) is 1. The molecule has 0 aromatic heterocycles. The van der Waals surface area contributed by atoms with Gasteiger partial charge in [0.05, 0.1) is 6.10 Å². The van der Waals surface area contributed by atoms with E-state index in [1.54, 1.807) is 18.2 Å². The Hall–Kier alpha value is -1.91. The molecule has 1 amide bonds. The van der Waals surface area contributed by atoms with E-state index in [0.29, 0.717) is 5.75 Å². The molecule has 0 aliphatic rings. The van der Waals surface area contributed by atoms with E-state index in [0.717, 1.165) is 0 Å². The van der Waals surface area contributed by atoms with Crippen molar-refractivity contribution in [2.45, 2.75) is 20.0 Å². The van der Waals surface area contributed by atoms with Gasteiger partial charge in [-0.1, -0.05) is 12.1 Å². The van der Waals surface area contributed by atoms with Crippen LogP contribution in [0.25, 0.3) is 0 Å². The molecule has 0 radical (unpaired) electrons. The molecule has 90 valence electrons. The summed E-state index contributed by atoms with van der Waals surface area (Å²) < 4.78 is 5.29. The van der Waals surface area contributed by atoms with E-state index in [1.807, 2.05) is 25.2 Å². The van der Waals surface area contributed by atoms with Crippen molar-refractivity contribution >= 4 is 6.09 Å². The molecule has 0 aliphatic heterocycles. The highest BCUT2D eigenvalue weighted by atomic mass is 16.5. The van der Waals surface area contributed by atoms with Gasteiger partial charge in [-0.2, -0.15) is 0 Å². The Morgan fingerprint density at radius 1 is 1.38 bits per heavy atom. The van der Waals surface area contributed by atoms with E-state index >= 15 is 0 Å². The molecule has 16 heavy (non-hydrogen) atoms. The number of hydrogen-bond donors (Lipinski definition) is 3. The largest absolute Gasteiger partial charge is 0.504 e. The number of rotatable bonds is 2. The first-order chi connectivity index (χ1) is 7.47. The lowest BCUT2D eigenvalue weighted by molar-refractivity contribution is 0.197. The van der Waals surface area contributed by atoms with Crippen LogP contribution in [-0.4, -0.2) is 29.5 Å². The second-order valence-corrected chi connectivity index (χ2v) is 3.19. The summed E-state index contributed by atoms with van der Waals surface area (Å²) in [7, 11) is 1.35. The van der Waals surface area contributed by atoms with Gasteiger partial charge in [0.15, 0.2) is 11.5 Å². The van der Waals surface area contributed by atoms with E-state index in [-0.39, 0.29) is 11.9 Å². The van der Waals surface area contributed by atoms with E-state index in [2.05, 4.69) is 0 Å². The molecule has 1 aromatic rings. The van der Waals surface area contributed by atoms with Gasteiger partial charge in [0.25, 0.3) is 0 Å². The molecule has 5 heteroatoms. The van der Waals surface area contributed by atoms with Gasteiger partial charge < -0.3 is 20.3 Å². The fourth-order valence-electron chi connectivity index (χ4n) is 0.811. The van der Waals surface area contributed by atoms with Gasteiger partial charge in [-0.15, -0.1) is 0 Å². The SMILES string of the molecule is CC(C)Oc1ccccc1O.CNC(=O)O. The van der Waals surface area contributed by atoms with Crippen LogP contribution < -0.4 is 10.1 Å². The predicted molar refractivity (Wildman–Crippen MR) is 61.0 cm³/mol. The average molecular weight is 227 g/mol. The van der Waals surface area contributed by atoms with Crippen molar-refractivity contribution < 1.29 is 19.7 Å². The minimum absolute atomic E-state index is 0.100. The molecule has 1 aromatic carbocycles. The second-order valence-electron chi connectivity index (χ2n) is 3.19. The first-order valence-electron chi connectivity index (χ1n) is 4.82. The summed E-state index contributed by atoms with van der Waals surface area (Å²) >= 11 is 0. The predicted octanol–water partition coefficient (Wildman–Crippen LogP) is 2.06.